The molecule has 0 saturated carbocycles. The molecule has 1 aromatic rings. The third-order valence-electron chi connectivity index (χ3n) is 0.965. The van der Waals surface area contributed by atoms with E-state index in [1.54, 1.807) is 6.07 Å². The molecule has 0 atom stereocenters. The number of hydrogen-bond acceptors (Lipinski definition) is 3. The zero-order valence-electron chi connectivity index (χ0n) is 5.28. The Morgan fingerprint density at radius 2 is 2.50 bits per heavy atom. The predicted molar refractivity (Wildman–Crippen MR) is 36.2 cm³/mol. The van der Waals surface area contributed by atoms with Crippen molar-refractivity contribution in [3.05, 3.63) is 12.3 Å². The first-order valence-corrected chi connectivity index (χ1v) is 2.90. The summed E-state index contributed by atoms with van der Waals surface area (Å²) in [7, 11) is 1.52. The molecule has 1 rings (SSSR count). The first-order valence-electron chi connectivity index (χ1n) is 2.56. The topological polar surface area (TPSA) is 49.1 Å². The largest absolute Gasteiger partial charge is 0.493 e. The fourth-order valence-electron chi connectivity index (χ4n) is 0.531. The lowest BCUT2D eigenvalue weighted by Gasteiger charge is -1.99. The van der Waals surface area contributed by atoms with E-state index in [1.807, 2.05) is 0 Å². The summed E-state index contributed by atoms with van der Waals surface area (Å²) in [6.45, 7) is 0. The van der Waals surface area contributed by atoms with Crippen molar-refractivity contribution in [1.82, 2.24) is 15.0 Å². The van der Waals surface area contributed by atoms with Crippen molar-refractivity contribution in [2.75, 3.05) is 7.11 Å². The number of aromatic nitrogens is 2. The molecule has 1 heterocycles. The van der Waals surface area contributed by atoms with Crippen LogP contribution in [-0.4, -0.2) is 17.3 Å². The highest BCUT2D eigenvalue weighted by molar-refractivity contribution is 6.15. The fourth-order valence-corrected chi connectivity index (χ4v) is 0.648. The van der Waals surface area contributed by atoms with Gasteiger partial charge in [0.1, 0.15) is 0 Å². The van der Waals surface area contributed by atoms with Gasteiger partial charge in [0.2, 0.25) is 5.82 Å². The summed E-state index contributed by atoms with van der Waals surface area (Å²) in [5, 5.41) is 7.15. The van der Waals surface area contributed by atoms with Crippen LogP contribution in [0, 0.1) is 0 Å². The smallest absolute Gasteiger partial charge is 0.230 e. The van der Waals surface area contributed by atoms with Gasteiger partial charge < -0.3 is 4.74 Å². The van der Waals surface area contributed by atoms with Crippen molar-refractivity contribution in [1.29, 1.82) is 0 Å². The van der Waals surface area contributed by atoms with E-state index in [-0.39, 0.29) is 0 Å². The summed E-state index contributed by atoms with van der Waals surface area (Å²) >= 11 is 5.15. The number of nitrogens with zero attached hydrogens (tertiary/aromatic N) is 3. The molecule has 0 aliphatic rings. The molecule has 0 spiro atoms. The molecule has 5 heteroatoms. The van der Waals surface area contributed by atoms with Crippen molar-refractivity contribution in [2.24, 2.45) is 0 Å². The molecular weight excluding hydrogens is 154 g/mol. The van der Waals surface area contributed by atoms with Gasteiger partial charge in [0.05, 0.1) is 13.3 Å². The minimum Gasteiger partial charge on any atom is -0.493 e. The number of hydrogen-bond donors (Lipinski definition) is 0. The third-order valence-corrected chi connectivity index (χ3v) is 1.13. The van der Waals surface area contributed by atoms with Crippen LogP contribution in [0.15, 0.2) is 12.3 Å². The van der Waals surface area contributed by atoms with Crippen LogP contribution in [0.1, 0.15) is 0 Å². The molecule has 53 valence electrons. The number of methoxy groups -OCH3 is 1. The number of ether oxygens (including phenoxy) is 1. The Bertz CT molecular complexity index is 195. The van der Waals surface area contributed by atoms with Crippen LogP contribution >= 0.6 is 11.8 Å². The van der Waals surface area contributed by atoms with Gasteiger partial charge >= 0.3 is 0 Å². The zero-order valence-corrected chi connectivity index (χ0v) is 6.04. The van der Waals surface area contributed by atoms with Crippen LogP contribution in [-0.2, 0) is 0 Å². The molecule has 0 fully saturated rings. The molecule has 0 amide bonds. The van der Waals surface area contributed by atoms with Gasteiger partial charge in [-0.1, -0.05) is 0 Å². The summed E-state index contributed by atoms with van der Waals surface area (Å²) in [6, 6.07) is 1.63. The molecule has 1 radical (unpaired) electrons. The Balaban J connectivity index is 2.96. The standard InChI is InChI=1S/C5H5ClN3O/c1-10-4-2-3-7-9-5(4)8-6/h2-3H,1H3. The number of halogens is 1. The van der Waals surface area contributed by atoms with E-state index in [2.05, 4.69) is 15.0 Å². The van der Waals surface area contributed by atoms with Crippen molar-refractivity contribution >= 4 is 17.6 Å². The van der Waals surface area contributed by atoms with E-state index in [0.717, 1.165) is 0 Å². The highest BCUT2D eigenvalue weighted by atomic mass is 35.5. The summed E-state index contributed by atoms with van der Waals surface area (Å²) < 4.78 is 4.86. The summed E-state index contributed by atoms with van der Waals surface area (Å²) in [5.74, 6) is 0.816. The normalized spacial score (nSPS) is 9.00. The predicted octanol–water partition coefficient (Wildman–Crippen LogP) is 0.875. The summed E-state index contributed by atoms with van der Waals surface area (Å²) in [4.78, 5) is 3.31. The highest BCUT2D eigenvalue weighted by Gasteiger charge is 2.01. The van der Waals surface area contributed by atoms with Gasteiger partial charge in [0.15, 0.2) is 5.75 Å². The minimum atomic E-state index is 0.298. The molecule has 0 unspecified atom stereocenters. The maximum Gasteiger partial charge on any atom is 0.230 e. The van der Waals surface area contributed by atoms with Crippen LogP contribution in [0.25, 0.3) is 0 Å². The van der Waals surface area contributed by atoms with Gasteiger partial charge in [-0.3, -0.25) is 0 Å². The average molecular weight is 159 g/mol. The van der Waals surface area contributed by atoms with Gasteiger partial charge in [-0.05, 0) is 0 Å². The number of rotatable bonds is 2. The third kappa shape index (κ3) is 1.27. The molecule has 4 nitrogen and oxygen atoms in total. The second-order valence-electron chi connectivity index (χ2n) is 1.51. The second kappa shape index (κ2) is 3.22. The lowest BCUT2D eigenvalue weighted by molar-refractivity contribution is 0.412. The van der Waals surface area contributed by atoms with Gasteiger partial charge in [-0.2, -0.15) is 9.93 Å². The van der Waals surface area contributed by atoms with Gasteiger partial charge in [0.25, 0.3) is 0 Å². The Morgan fingerprint density at radius 3 is 3.00 bits per heavy atom. The van der Waals surface area contributed by atoms with Crippen molar-refractivity contribution in [3.63, 3.8) is 0 Å². The summed E-state index contributed by atoms with van der Waals surface area (Å²) in [5.41, 5.74) is 0. The zero-order chi connectivity index (χ0) is 7.40. The van der Waals surface area contributed by atoms with Crippen LogP contribution < -0.4 is 9.57 Å². The van der Waals surface area contributed by atoms with E-state index >= 15 is 0 Å². The van der Waals surface area contributed by atoms with Crippen LogP contribution in [0.5, 0.6) is 5.75 Å². The lowest BCUT2D eigenvalue weighted by atomic mass is 10.5. The van der Waals surface area contributed by atoms with E-state index < -0.39 is 0 Å². The van der Waals surface area contributed by atoms with E-state index in [0.29, 0.717) is 11.6 Å². The Hall–Kier alpha value is -1.03. The van der Waals surface area contributed by atoms with Gasteiger partial charge in [-0.15, -0.1) is 5.10 Å². The Kier molecular flexibility index (Phi) is 2.28. The van der Waals surface area contributed by atoms with Crippen molar-refractivity contribution < 1.29 is 4.74 Å². The Labute approximate surface area is 63.3 Å². The molecule has 0 saturated heterocycles. The van der Waals surface area contributed by atoms with Crippen molar-refractivity contribution in [3.8, 4) is 5.75 Å². The van der Waals surface area contributed by atoms with Crippen LogP contribution in [0.4, 0.5) is 5.82 Å². The van der Waals surface area contributed by atoms with Crippen LogP contribution in [0.2, 0.25) is 0 Å². The maximum atomic E-state index is 5.15. The van der Waals surface area contributed by atoms with E-state index in [9.17, 15) is 0 Å². The fraction of sp³-hybridized carbons (Fsp3) is 0.200. The van der Waals surface area contributed by atoms with E-state index in [1.165, 1.54) is 13.3 Å². The first-order chi connectivity index (χ1) is 4.88. The minimum absolute atomic E-state index is 0.298. The van der Waals surface area contributed by atoms with E-state index in [4.69, 9.17) is 16.5 Å². The lowest BCUT2D eigenvalue weighted by Crippen LogP contribution is -1.92. The monoisotopic (exact) mass is 158 g/mol. The van der Waals surface area contributed by atoms with Gasteiger partial charge in [-0.25, -0.2) is 0 Å². The SMILES string of the molecule is COc1ccnnc1[N]Cl. The average Bonchev–Trinajstić information content (AvgIpc) is 2.04. The highest BCUT2D eigenvalue weighted by Crippen LogP contribution is 2.19. The Morgan fingerprint density at radius 1 is 1.70 bits per heavy atom. The first kappa shape index (κ1) is 7.08. The quantitative estimate of drug-likeness (QED) is 0.642. The summed E-state index contributed by atoms with van der Waals surface area (Å²) in [6.07, 6.45) is 1.50. The molecule has 0 aliphatic heterocycles. The second-order valence-corrected chi connectivity index (χ2v) is 1.68. The molecule has 0 N–H and O–H groups in total. The van der Waals surface area contributed by atoms with Crippen molar-refractivity contribution in [2.45, 2.75) is 0 Å². The molecule has 1 aromatic heterocycles. The molecule has 0 bridgehead atoms. The molecule has 10 heavy (non-hydrogen) atoms. The molecule has 0 aromatic carbocycles. The van der Waals surface area contributed by atoms with Crippen LogP contribution in [0.3, 0.4) is 0 Å². The molecular formula is C5H5ClN3O. The molecule has 0 aliphatic carbocycles. The van der Waals surface area contributed by atoms with Gasteiger partial charge in [0, 0.05) is 17.8 Å². The maximum absolute atomic E-state index is 5.15.